The summed E-state index contributed by atoms with van der Waals surface area (Å²) in [4.78, 5) is 0. The van der Waals surface area contributed by atoms with Gasteiger partial charge in [-0.1, -0.05) is 48.5 Å². The minimum Gasteiger partial charge on any atom is -0.656 e. The third kappa shape index (κ3) is 6.62. The predicted molar refractivity (Wildman–Crippen MR) is 173 cm³/mol. The Hall–Kier alpha value is -1.77. The number of para-hydroxylation sites is 8. The fourth-order valence-corrected chi connectivity index (χ4v) is 16.8. The molecule has 4 aliphatic rings. The monoisotopic (exact) mass is 770 g/mol. The second-order valence-corrected chi connectivity index (χ2v) is 20.7. The van der Waals surface area contributed by atoms with Crippen LogP contribution in [0.5, 0.6) is 46.0 Å². The third-order valence-corrected chi connectivity index (χ3v) is 16.9. The van der Waals surface area contributed by atoms with Crippen LogP contribution in [0.15, 0.2) is 106 Å². The molecular weight excluding hydrogens is 755 g/mol. The number of benzene rings is 4. The van der Waals surface area contributed by atoms with Crippen molar-refractivity contribution in [3.8, 4) is 46.0 Å². The van der Waals surface area contributed by atoms with Crippen molar-refractivity contribution >= 4 is 74.8 Å². The minimum atomic E-state index is -2.94. The molecule has 0 saturated carbocycles. The van der Waals surface area contributed by atoms with Gasteiger partial charge in [0.1, 0.15) is 0 Å². The molecule has 0 bridgehead atoms. The molecule has 4 aromatic rings. The molecule has 0 spiro atoms. The molecule has 0 unspecified atom stereocenters. The third-order valence-electron chi connectivity index (χ3n) is 5.54. The predicted octanol–water partition coefficient (Wildman–Crippen LogP) is 9.29. The smallest absolute Gasteiger partial charge is 0.656 e. The van der Waals surface area contributed by atoms with E-state index in [-0.39, 0.29) is 16.5 Å². The molecule has 43 heavy (non-hydrogen) atoms. The Kier molecular flexibility index (Phi) is 8.62. The normalized spacial score (nSPS) is 18.8. The van der Waals surface area contributed by atoms with Crippen molar-refractivity contribution in [2.45, 2.75) is 0 Å². The molecule has 0 N–H and O–H groups in total. The van der Waals surface area contributed by atoms with E-state index in [0.717, 1.165) is 0 Å². The van der Waals surface area contributed by atoms with Crippen molar-refractivity contribution in [2.24, 2.45) is 9.03 Å². The van der Waals surface area contributed by atoms with Crippen LogP contribution in [0.25, 0.3) is 0 Å². The van der Waals surface area contributed by atoms with E-state index in [9.17, 15) is 0 Å². The average molecular weight is 771 g/mol. The molecule has 4 aliphatic heterocycles. The maximum Gasteiger partial charge on any atom is 2.00 e. The second-order valence-electron chi connectivity index (χ2n) is 8.57. The van der Waals surface area contributed by atoms with Crippen LogP contribution >= 0.6 is 26.7 Å². The van der Waals surface area contributed by atoms with E-state index >= 15 is 0 Å². The Bertz CT molecular complexity index is 1710. The molecular formula is C24H16N2NiO8P4S4. The molecule has 19 heteroatoms. The molecule has 4 aromatic carbocycles. The molecule has 0 saturated heterocycles. The zero-order valence-electron chi connectivity index (χ0n) is 21.1. The van der Waals surface area contributed by atoms with E-state index in [1.165, 1.54) is 0 Å². The molecule has 0 aromatic heterocycles. The van der Waals surface area contributed by atoms with Gasteiger partial charge in [0.05, 0.1) is 0 Å². The fourth-order valence-electron chi connectivity index (χ4n) is 3.89. The van der Waals surface area contributed by atoms with Gasteiger partial charge in [-0.05, 0) is 48.5 Å². The Balaban J connectivity index is 0.000000150. The summed E-state index contributed by atoms with van der Waals surface area (Å²) in [6.07, 6.45) is 0. The molecule has 0 atom stereocenters. The van der Waals surface area contributed by atoms with Crippen LogP contribution in [0, 0.1) is 0 Å². The summed E-state index contributed by atoms with van der Waals surface area (Å²) in [5.74, 6) is 4.58. The van der Waals surface area contributed by atoms with Crippen LogP contribution in [0.4, 0.5) is 0 Å². The summed E-state index contributed by atoms with van der Waals surface area (Å²) in [5.41, 5.74) is 0. The number of nitrogens with zero attached hydrogens (tertiary/aromatic N) is 2. The Morgan fingerprint density at radius 1 is 0.395 bits per heavy atom. The first-order valence-electron chi connectivity index (χ1n) is 11.9. The SMILES string of the molecule is S=P1(N=P2([S-])Oc3ccccc3O2)Oc2ccccc2O1.S=P1(N=P2([S-])Oc3ccccc3O2)Oc2ccccc2O1.[Ni+2]. The minimum absolute atomic E-state index is 0. The van der Waals surface area contributed by atoms with Gasteiger partial charge in [0.25, 0.3) is 0 Å². The largest absolute Gasteiger partial charge is 2.00 e. The van der Waals surface area contributed by atoms with Gasteiger partial charge in [0.15, 0.2) is 59.4 Å². The first-order valence-corrected chi connectivity index (χ1v) is 22.3. The van der Waals surface area contributed by atoms with Crippen molar-refractivity contribution in [3.63, 3.8) is 0 Å². The molecule has 10 nitrogen and oxygen atoms in total. The average Bonchev–Trinajstić information content (AvgIpc) is 3.65. The van der Waals surface area contributed by atoms with E-state index < -0.39 is 26.7 Å². The van der Waals surface area contributed by atoms with Gasteiger partial charge in [-0.2, -0.15) is 0 Å². The summed E-state index contributed by atoms with van der Waals surface area (Å²) in [7, 11) is 0. The zero-order chi connectivity index (χ0) is 29.0. The van der Waals surface area contributed by atoms with E-state index in [2.05, 4.69) is 9.03 Å². The molecule has 0 amide bonds. The fraction of sp³-hybridized carbons (Fsp3) is 0. The van der Waals surface area contributed by atoms with Crippen LogP contribution in [0.2, 0.25) is 0 Å². The maximum atomic E-state index is 5.66. The summed E-state index contributed by atoms with van der Waals surface area (Å²) in [6, 6.07) is 28.9. The Labute approximate surface area is 277 Å². The van der Waals surface area contributed by atoms with Crippen molar-refractivity contribution in [1.82, 2.24) is 0 Å². The summed E-state index contributed by atoms with van der Waals surface area (Å²) in [6.45, 7) is -11.8. The van der Waals surface area contributed by atoms with Gasteiger partial charge in [0, 0.05) is 23.6 Å². The van der Waals surface area contributed by atoms with Crippen LogP contribution in [0.1, 0.15) is 0 Å². The summed E-state index contributed by atoms with van der Waals surface area (Å²) in [5, 5.41) is 0. The van der Waals surface area contributed by atoms with Crippen molar-refractivity contribution in [1.29, 1.82) is 0 Å². The Morgan fingerprint density at radius 3 is 0.791 bits per heavy atom. The number of hydrogen-bond acceptors (Lipinski definition) is 12. The second kappa shape index (κ2) is 11.9. The van der Waals surface area contributed by atoms with Gasteiger partial charge < -0.3 is 60.7 Å². The number of rotatable bonds is 2. The van der Waals surface area contributed by atoms with Crippen LogP contribution in [-0.2, 0) is 64.6 Å². The molecule has 0 fully saturated rings. The molecule has 224 valence electrons. The van der Waals surface area contributed by atoms with E-state index in [1.54, 1.807) is 48.5 Å². The van der Waals surface area contributed by atoms with E-state index in [1.807, 2.05) is 48.5 Å². The van der Waals surface area contributed by atoms with Gasteiger partial charge >= 0.3 is 29.8 Å². The number of hydrogen-bond donors (Lipinski definition) is 0. The number of fused-ring (bicyclic) bond motifs is 4. The van der Waals surface area contributed by atoms with Crippen LogP contribution in [0.3, 0.4) is 0 Å². The van der Waals surface area contributed by atoms with Gasteiger partial charge in [0.2, 0.25) is 0 Å². The van der Waals surface area contributed by atoms with Crippen LogP contribution in [-0.4, -0.2) is 0 Å². The maximum absolute atomic E-state index is 5.66. The molecule has 4 heterocycles. The van der Waals surface area contributed by atoms with Crippen molar-refractivity contribution < 1.29 is 52.7 Å². The molecule has 8 rings (SSSR count). The molecule has 0 radical (unpaired) electrons. The van der Waals surface area contributed by atoms with Gasteiger partial charge in [-0.15, -0.1) is 9.03 Å². The van der Waals surface area contributed by atoms with Crippen molar-refractivity contribution in [3.05, 3.63) is 97.1 Å². The Morgan fingerprint density at radius 2 is 0.581 bits per heavy atom. The zero-order valence-corrected chi connectivity index (χ0v) is 29.0. The van der Waals surface area contributed by atoms with Gasteiger partial charge in [-0.3, -0.25) is 0 Å². The quantitative estimate of drug-likeness (QED) is 0.110. The van der Waals surface area contributed by atoms with Crippen LogP contribution < -0.4 is 36.2 Å². The summed E-state index contributed by atoms with van der Waals surface area (Å²) >= 11 is 21.6. The standard InChI is InChI=1S/2C12H8NO4P2S2.Ni/c2*20-18(14-9-5-1-2-6-10(9)15-18)13-19(21)16-11-7-3-4-8-12(11)17-19;/h2*1-8H;/q2*-1;+2. The first-order chi connectivity index (χ1) is 20.1. The first kappa shape index (κ1) is 31.2. The van der Waals surface area contributed by atoms with E-state index in [0.29, 0.717) is 46.0 Å². The van der Waals surface area contributed by atoms with Crippen molar-refractivity contribution in [2.75, 3.05) is 0 Å². The van der Waals surface area contributed by atoms with E-state index in [4.69, 9.17) is 84.3 Å². The summed E-state index contributed by atoms with van der Waals surface area (Å²) < 4.78 is 53.9. The van der Waals surface area contributed by atoms with Gasteiger partial charge in [-0.25, -0.2) is 0 Å². The topological polar surface area (TPSA) is 98.6 Å². The molecule has 0 aliphatic carbocycles.